The van der Waals surface area contributed by atoms with E-state index in [4.69, 9.17) is 11.6 Å². The zero-order valence-electron chi connectivity index (χ0n) is 23.6. The molecule has 9 heteroatoms. The van der Waals surface area contributed by atoms with Crippen molar-refractivity contribution in [2.45, 2.75) is 32.0 Å². The van der Waals surface area contributed by atoms with Crippen LogP contribution < -0.4 is 10.2 Å². The number of nitrogens with one attached hydrogen (secondary N) is 1. The molecule has 1 saturated heterocycles. The van der Waals surface area contributed by atoms with Crippen molar-refractivity contribution >= 4 is 29.0 Å². The van der Waals surface area contributed by atoms with Gasteiger partial charge in [0.1, 0.15) is 5.82 Å². The minimum Gasteiger partial charge on any atom is -0.367 e. The maximum absolute atomic E-state index is 13.7. The van der Waals surface area contributed by atoms with Gasteiger partial charge in [0.25, 0.3) is 5.91 Å². The van der Waals surface area contributed by atoms with Gasteiger partial charge in [0.15, 0.2) is 0 Å². The Balaban J connectivity index is 1.19. The molecule has 3 aromatic carbocycles. The Kier molecular flexibility index (Phi) is 8.30. The number of fused-ring (bicyclic) bond motifs is 1. The summed E-state index contributed by atoms with van der Waals surface area (Å²) >= 11 is 6.08. The number of benzene rings is 3. The second-order valence-electron chi connectivity index (χ2n) is 11.2. The third-order valence-corrected chi connectivity index (χ3v) is 8.56. The molecular formula is C34H32ClF3N4O. The second kappa shape index (κ2) is 12.3. The van der Waals surface area contributed by atoms with Crippen molar-refractivity contribution in [3.8, 4) is 11.1 Å². The molecule has 222 valence electrons. The molecule has 2 aliphatic heterocycles. The number of alkyl halides is 3. The SMILES string of the molecule is O=C(c1cccc(-c2cnc3c(c2)N(Cc2cc(Cl)ccc2C(F)(F)F)CCN3)c1)N1CCC(Cc2ccccc2)CC1. The van der Waals surface area contributed by atoms with Gasteiger partial charge in [0.2, 0.25) is 0 Å². The minimum absolute atomic E-state index is 0.00913. The maximum atomic E-state index is 13.7. The highest BCUT2D eigenvalue weighted by atomic mass is 35.5. The Bertz CT molecular complexity index is 1600. The van der Waals surface area contributed by atoms with E-state index in [1.54, 1.807) is 6.20 Å². The second-order valence-corrected chi connectivity index (χ2v) is 11.7. The van der Waals surface area contributed by atoms with Crippen LogP contribution >= 0.6 is 11.6 Å². The third kappa shape index (κ3) is 6.64. The summed E-state index contributed by atoms with van der Waals surface area (Å²) in [5, 5.41) is 3.50. The number of hydrogen-bond donors (Lipinski definition) is 1. The average Bonchev–Trinajstić information content (AvgIpc) is 3.01. The van der Waals surface area contributed by atoms with Crippen molar-refractivity contribution in [3.05, 3.63) is 112 Å². The molecule has 0 radical (unpaired) electrons. The summed E-state index contributed by atoms with van der Waals surface area (Å²) < 4.78 is 41.2. The highest BCUT2D eigenvalue weighted by Gasteiger charge is 2.34. The number of nitrogens with zero attached hydrogens (tertiary/aromatic N) is 3. The van der Waals surface area contributed by atoms with Crippen molar-refractivity contribution < 1.29 is 18.0 Å². The first-order chi connectivity index (χ1) is 20.7. The fraction of sp³-hybridized carbons (Fsp3) is 0.294. The molecule has 0 aliphatic carbocycles. The number of anilines is 2. The lowest BCUT2D eigenvalue weighted by Crippen LogP contribution is -2.38. The summed E-state index contributed by atoms with van der Waals surface area (Å²) in [5.41, 5.74) is 3.67. The first kappa shape index (κ1) is 29.1. The van der Waals surface area contributed by atoms with Crippen LogP contribution in [0.15, 0.2) is 85.1 Å². The monoisotopic (exact) mass is 604 g/mol. The van der Waals surface area contributed by atoms with Crippen molar-refractivity contribution in [2.75, 3.05) is 36.4 Å². The lowest BCUT2D eigenvalue weighted by Gasteiger charge is -2.33. The Hall–Kier alpha value is -4.04. The van der Waals surface area contributed by atoms with Crippen LogP contribution in [0.25, 0.3) is 11.1 Å². The van der Waals surface area contributed by atoms with Crippen LogP contribution in [0.5, 0.6) is 0 Å². The zero-order chi connectivity index (χ0) is 30.0. The van der Waals surface area contributed by atoms with Gasteiger partial charge in [-0.25, -0.2) is 4.98 Å². The standard InChI is InChI=1S/C34H32ClF3N4O/c35-29-9-10-30(34(36,37)38)28(19-29)22-42-16-13-39-32-31(42)20-27(21-40-32)25-7-4-8-26(18-25)33(43)41-14-11-24(12-15-41)17-23-5-2-1-3-6-23/h1-10,18-21,24H,11-17,22H2,(H,39,40). The largest absolute Gasteiger partial charge is 0.416 e. The van der Waals surface area contributed by atoms with Crippen LogP contribution in [-0.2, 0) is 19.1 Å². The molecule has 0 saturated carbocycles. The summed E-state index contributed by atoms with van der Waals surface area (Å²) in [5.74, 6) is 1.18. The number of pyridine rings is 1. The maximum Gasteiger partial charge on any atom is 0.416 e. The number of aromatic nitrogens is 1. The van der Waals surface area contributed by atoms with E-state index in [0.29, 0.717) is 36.1 Å². The predicted molar refractivity (Wildman–Crippen MR) is 164 cm³/mol. The van der Waals surface area contributed by atoms with E-state index in [9.17, 15) is 18.0 Å². The van der Waals surface area contributed by atoms with Crippen LogP contribution in [0.4, 0.5) is 24.7 Å². The molecule has 0 spiro atoms. The first-order valence-electron chi connectivity index (χ1n) is 14.5. The molecule has 1 N–H and O–H groups in total. The van der Waals surface area contributed by atoms with Gasteiger partial charge < -0.3 is 15.1 Å². The quantitative estimate of drug-likeness (QED) is 0.243. The van der Waals surface area contributed by atoms with Crippen molar-refractivity contribution in [1.82, 2.24) is 9.88 Å². The van der Waals surface area contributed by atoms with Crippen molar-refractivity contribution in [1.29, 1.82) is 0 Å². The van der Waals surface area contributed by atoms with Gasteiger partial charge in [-0.05, 0) is 78.3 Å². The topological polar surface area (TPSA) is 48.5 Å². The molecular weight excluding hydrogens is 573 g/mol. The van der Waals surface area contributed by atoms with Crippen molar-refractivity contribution in [2.24, 2.45) is 5.92 Å². The first-order valence-corrected chi connectivity index (χ1v) is 14.9. The molecule has 1 aromatic heterocycles. The van der Waals surface area contributed by atoms with E-state index < -0.39 is 11.7 Å². The molecule has 1 amide bonds. The number of carbonyl (C=O) groups is 1. The summed E-state index contributed by atoms with van der Waals surface area (Å²) in [6, 6.07) is 23.6. The van der Waals surface area contributed by atoms with Crippen LogP contribution in [-0.4, -0.2) is 42.0 Å². The smallest absolute Gasteiger partial charge is 0.367 e. The fourth-order valence-electron chi connectivity index (χ4n) is 6.06. The molecule has 3 heterocycles. The van der Waals surface area contributed by atoms with E-state index in [-0.39, 0.29) is 23.0 Å². The molecule has 2 aliphatic rings. The van der Waals surface area contributed by atoms with Crippen LogP contribution in [0.1, 0.15) is 39.9 Å². The van der Waals surface area contributed by atoms with Gasteiger partial charge in [-0.3, -0.25) is 4.79 Å². The highest BCUT2D eigenvalue weighted by molar-refractivity contribution is 6.30. The van der Waals surface area contributed by atoms with Crippen molar-refractivity contribution in [3.63, 3.8) is 0 Å². The van der Waals surface area contributed by atoms with Gasteiger partial charge in [0.05, 0.1) is 11.3 Å². The van der Waals surface area contributed by atoms with E-state index >= 15 is 0 Å². The van der Waals surface area contributed by atoms with Crippen LogP contribution in [0, 0.1) is 5.92 Å². The van der Waals surface area contributed by atoms with E-state index in [2.05, 4.69) is 34.6 Å². The number of carbonyl (C=O) groups excluding carboxylic acids is 1. The van der Waals surface area contributed by atoms with Crippen LogP contribution in [0.2, 0.25) is 5.02 Å². The molecule has 5 nitrogen and oxygen atoms in total. The Morgan fingerprint density at radius 1 is 0.930 bits per heavy atom. The van der Waals surface area contributed by atoms with Gasteiger partial charge in [-0.15, -0.1) is 0 Å². The summed E-state index contributed by atoms with van der Waals surface area (Å²) in [6.07, 6.45) is 0.223. The number of rotatable bonds is 6. The zero-order valence-corrected chi connectivity index (χ0v) is 24.3. The summed E-state index contributed by atoms with van der Waals surface area (Å²) in [6.45, 7) is 2.54. The Labute approximate surface area is 254 Å². The van der Waals surface area contributed by atoms with Crippen LogP contribution in [0.3, 0.4) is 0 Å². The van der Waals surface area contributed by atoms with Gasteiger partial charge >= 0.3 is 6.18 Å². The number of likely N-dealkylation sites (tertiary alicyclic amines) is 1. The Morgan fingerprint density at radius 3 is 2.49 bits per heavy atom. The molecule has 43 heavy (non-hydrogen) atoms. The van der Waals surface area contributed by atoms with Gasteiger partial charge in [-0.2, -0.15) is 13.2 Å². The summed E-state index contributed by atoms with van der Waals surface area (Å²) in [7, 11) is 0. The van der Waals surface area contributed by atoms with Gasteiger partial charge in [0, 0.05) is 55.1 Å². The fourth-order valence-corrected chi connectivity index (χ4v) is 6.25. The number of halogens is 4. The van der Waals surface area contributed by atoms with E-state index in [0.717, 1.165) is 49.5 Å². The van der Waals surface area contributed by atoms with E-state index in [1.165, 1.54) is 17.7 Å². The minimum atomic E-state index is -4.49. The third-order valence-electron chi connectivity index (χ3n) is 8.33. The number of hydrogen-bond acceptors (Lipinski definition) is 4. The molecule has 0 atom stereocenters. The average molecular weight is 605 g/mol. The molecule has 1 fully saturated rings. The molecule has 0 unspecified atom stereocenters. The number of amides is 1. The molecule has 6 rings (SSSR count). The predicted octanol–water partition coefficient (Wildman–Crippen LogP) is 7.95. The van der Waals surface area contributed by atoms with E-state index in [1.807, 2.05) is 46.2 Å². The number of piperidine rings is 1. The Morgan fingerprint density at radius 2 is 1.72 bits per heavy atom. The summed E-state index contributed by atoms with van der Waals surface area (Å²) in [4.78, 5) is 21.9. The molecule has 4 aromatic rings. The lowest BCUT2D eigenvalue weighted by atomic mass is 9.90. The normalized spacial score (nSPS) is 15.6. The highest BCUT2D eigenvalue weighted by Crippen LogP contribution is 2.37. The van der Waals surface area contributed by atoms with Gasteiger partial charge in [-0.1, -0.05) is 54.1 Å². The molecule has 0 bridgehead atoms. The lowest BCUT2D eigenvalue weighted by molar-refractivity contribution is -0.138.